The Kier molecular flexibility index (Phi) is 10.3. The van der Waals surface area contributed by atoms with Crippen LogP contribution in [-0.2, 0) is 0 Å². The van der Waals surface area contributed by atoms with Gasteiger partial charge in [-0.2, -0.15) is 0 Å². The molecule has 1 aromatic heterocycles. The lowest BCUT2D eigenvalue weighted by molar-refractivity contribution is 1.07. The molecule has 2 aliphatic rings. The van der Waals surface area contributed by atoms with Gasteiger partial charge in [0.15, 0.2) is 24.8 Å². The van der Waals surface area contributed by atoms with Crippen molar-refractivity contribution in [2.45, 2.75) is 0 Å². The molecule has 0 spiro atoms. The molecule has 0 amide bonds. The number of benzene rings is 10. The molecule has 5 nitrogen and oxygen atoms in total. The van der Waals surface area contributed by atoms with Crippen LogP contribution in [0.25, 0.3) is 56.4 Å². The van der Waals surface area contributed by atoms with E-state index >= 15 is 0 Å². The standard InChI is InChI=1S/C63H42B2N5/c1-5-23-43(24-6-1)47-31-21-33-49(59(47)69-55-39-17-13-35-51(55)64-52-36-14-18-40-56(52)69)62-66-61(45-27-9-3-10-28-45)67-63(68-62)50-34-22-32-48(44-25-7-2-8-26-44)60(50)70-57-41-19-15-37-53(57)65(46-29-11-4-12-30-46)54-38-16-20-42-58(54)70/h1-42H. The van der Waals surface area contributed by atoms with E-state index in [4.69, 9.17) is 15.0 Å². The lowest BCUT2D eigenvalue weighted by atomic mass is 9.35. The summed E-state index contributed by atoms with van der Waals surface area (Å²) in [6, 6.07) is 90.5. The molecule has 11 aromatic rings. The highest BCUT2D eigenvalue weighted by atomic mass is 15.2. The molecule has 2 aliphatic heterocycles. The van der Waals surface area contributed by atoms with Crippen molar-refractivity contribution in [2.75, 3.05) is 9.80 Å². The summed E-state index contributed by atoms with van der Waals surface area (Å²) >= 11 is 0. The second-order valence-corrected chi connectivity index (χ2v) is 17.7. The van der Waals surface area contributed by atoms with Gasteiger partial charge >= 0.3 is 0 Å². The van der Waals surface area contributed by atoms with Gasteiger partial charge in [-0.1, -0.05) is 235 Å². The summed E-state index contributed by atoms with van der Waals surface area (Å²) in [5.41, 5.74) is 19.3. The minimum atomic E-state index is 0.0311. The molecule has 0 atom stereocenters. The van der Waals surface area contributed by atoms with Crippen LogP contribution in [0.2, 0.25) is 0 Å². The van der Waals surface area contributed by atoms with Crippen LogP contribution in [0.5, 0.6) is 0 Å². The molecule has 0 bridgehead atoms. The molecular formula is C63H42B2N5. The molecule has 3 heterocycles. The molecular weight excluding hydrogens is 848 g/mol. The van der Waals surface area contributed by atoms with Gasteiger partial charge in [0, 0.05) is 50.6 Å². The maximum Gasteiger partial charge on any atom is 0.246 e. The molecule has 0 aliphatic carbocycles. The van der Waals surface area contributed by atoms with E-state index in [1.54, 1.807) is 0 Å². The van der Waals surface area contributed by atoms with Crippen molar-refractivity contribution in [3.8, 4) is 56.4 Å². The molecule has 0 unspecified atom stereocenters. The first-order valence-corrected chi connectivity index (χ1v) is 23.8. The van der Waals surface area contributed by atoms with Crippen LogP contribution in [-0.4, -0.2) is 28.9 Å². The van der Waals surface area contributed by atoms with Crippen molar-refractivity contribution in [3.05, 3.63) is 255 Å². The Balaban J connectivity index is 1.11. The monoisotopic (exact) mass is 890 g/mol. The molecule has 70 heavy (non-hydrogen) atoms. The highest BCUT2D eigenvalue weighted by Crippen LogP contribution is 2.49. The summed E-state index contributed by atoms with van der Waals surface area (Å²) < 4.78 is 0. The number of para-hydroxylation sites is 6. The molecule has 0 saturated heterocycles. The maximum absolute atomic E-state index is 5.68. The highest BCUT2D eigenvalue weighted by molar-refractivity contribution is 6.98. The predicted octanol–water partition coefficient (Wildman–Crippen LogP) is 11.9. The van der Waals surface area contributed by atoms with Gasteiger partial charge in [0.25, 0.3) is 0 Å². The van der Waals surface area contributed by atoms with Crippen molar-refractivity contribution in [1.82, 2.24) is 15.0 Å². The summed E-state index contributed by atoms with van der Waals surface area (Å²) in [6.45, 7) is 0.0311. The molecule has 13 rings (SSSR count). The molecule has 10 aromatic carbocycles. The molecule has 7 heteroatoms. The van der Waals surface area contributed by atoms with Crippen LogP contribution in [0.15, 0.2) is 255 Å². The summed E-state index contributed by atoms with van der Waals surface area (Å²) in [4.78, 5) is 21.5. The molecule has 0 fully saturated rings. The fraction of sp³-hybridized carbons (Fsp3) is 0. The fourth-order valence-corrected chi connectivity index (χ4v) is 10.5. The second kappa shape index (κ2) is 17.5. The lowest BCUT2D eigenvalue weighted by Crippen LogP contribution is -2.57. The SMILES string of the molecule is [B]1c2ccccc2N(c2c(-c3ccccc3)cccc2-c2nc(-c3ccccc3)nc(-c3cccc(-c4ccccc4)c3N3c4ccccc4B(c4ccccc4)c4ccccc43)n2)c2ccccc21. The Morgan fingerprint density at radius 3 is 1.13 bits per heavy atom. The third-order valence-electron chi connectivity index (χ3n) is 13.6. The smallest absolute Gasteiger partial charge is 0.246 e. The second-order valence-electron chi connectivity index (χ2n) is 17.7. The largest absolute Gasteiger partial charge is 0.310 e. The Hall–Kier alpha value is -9.06. The van der Waals surface area contributed by atoms with Gasteiger partial charge < -0.3 is 9.80 Å². The van der Waals surface area contributed by atoms with E-state index in [1.165, 1.54) is 16.4 Å². The minimum Gasteiger partial charge on any atom is -0.310 e. The summed E-state index contributed by atoms with van der Waals surface area (Å²) in [5, 5.41) is 0. The lowest BCUT2D eigenvalue weighted by Gasteiger charge is -2.38. The van der Waals surface area contributed by atoms with Crippen molar-refractivity contribution < 1.29 is 0 Å². The first kappa shape index (κ1) is 41.2. The quantitative estimate of drug-likeness (QED) is 0.142. The third-order valence-corrected chi connectivity index (χ3v) is 13.6. The molecule has 0 saturated carbocycles. The van der Waals surface area contributed by atoms with Gasteiger partial charge in [0.2, 0.25) is 6.71 Å². The molecule has 0 N–H and O–H groups in total. The Bertz CT molecular complexity index is 3630. The van der Waals surface area contributed by atoms with E-state index in [9.17, 15) is 0 Å². The highest BCUT2D eigenvalue weighted by Gasteiger charge is 2.37. The van der Waals surface area contributed by atoms with Crippen LogP contribution in [0.3, 0.4) is 0 Å². The number of hydrogen-bond acceptors (Lipinski definition) is 5. The van der Waals surface area contributed by atoms with E-state index in [0.717, 1.165) is 84.0 Å². The number of anilines is 6. The summed E-state index contributed by atoms with van der Waals surface area (Å²) in [5.74, 6) is 1.73. The van der Waals surface area contributed by atoms with Crippen LogP contribution in [0.4, 0.5) is 34.1 Å². The van der Waals surface area contributed by atoms with Crippen LogP contribution >= 0.6 is 0 Å². The van der Waals surface area contributed by atoms with Gasteiger partial charge in [-0.05, 0) is 58.5 Å². The van der Waals surface area contributed by atoms with Gasteiger partial charge in [0.1, 0.15) is 0 Å². The number of rotatable bonds is 8. The van der Waals surface area contributed by atoms with E-state index in [2.05, 4.69) is 254 Å². The number of hydrogen-bond donors (Lipinski definition) is 0. The van der Waals surface area contributed by atoms with Crippen molar-refractivity contribution in [1.29, 1.82) is 0 Å². The number of aromatic nitrogens is 3. The average molecular weight is 891 g/mol. The summed E-state index contributed by atoms with van der Waals surface area (Å²) in [7, 11) is 2.28. The topological polar surface area (TPSA) is 45.2 Å². The minimum absolute atomic E-state index is 0.0311. The van der Waals surface area contributed by atoms with Crippen molar-refractivity contribution in [2.24, 2.45) is 0 Å². The number of nitrogens with zero attached hydrogens (tertiary/aromatic N) is 5. The fourth-order valence-electron chi connectivity index (χ4n) is 10.5. The maximum atomic E-state index is 5.68. The Morgan fingerprint density at radius 2 is 0.643 bits per heavy atom. The zero-order valence-corrected chi connectivity index (χ0v) is 38.1. The molecule has 325 valence electrons. The third kappa shape index (κ3) is 7.10. The first-order chi connectivity index (χ1) is 34.8. The normalized spacial score (nSPS) is 12.3. The van der Waals surface area contributed by atoms with Gasteiger partial charge in [-0.25, -0.2) is 15.0 Å². The van der Waals surface area contributed by atoms with E-state index < -0.39 is 0 Å². The van der Waals surface area contributed by atoms with Crippen LogP contribution < -0.4 is 37.1 Å². The first-order valence-electron chi connectivity index (χ1n) is 23.8. The van der Waals surface area contributed by atoms with E-state index in [0.29, 0.717) is 17.5 Å². The van der Waals surface area contributed by atoms with E-state index in [-0.39, 0.29) is 6.71 Å². The zero-order chi connectivity index (χ0) is 46.4. The van der Waals surface area contributed by atoms with Gasteiger partial charge in [0.05, 0.1) is 11.4 Å². The average Bonchev–Trinajstić information content (AvgIpc) is 3.44. The Morgan fingerprint density at radius 1 is 0.286 bits per heavy atom. The van der Waals surface area contributed by atoms with E-state index in [1.807, 2.05) is 18.2 Å². The summed E-state index contributed by atoms with van der Waals surface area (Å²) in [6.07, 6.45) is 0. The number of fused-ring (bicyclic) bond motifs is 4. The van der Waals surface area contributed by atoms with Crippen LogP contribution in [0, 0.1) is 0 Å². The predicted molar refractivity (Wildman–Crippen MR) is 292 cm³/mol. The zero-order valence-electron chi connectivity index (χ0n) is 38.1. The van der Waals surface area contributed by atoms with Crippen molar-refractivity contribution >= 4 is 75.4 Å². The molecule has 1 radical (unpaired) electrons. The van der Waals surface area contributed by atoms with Gasteiger partial charge in [-0.3, -0.25) is 0 Å². The Labute approximate surface area is 409 Å². The van der Waals surface area contributed by atoms with Crippen molar-refractivity contribution in [3.63, 3.8) is 0 Å². The van der Waals surface area contributed by atoms with Crippen LogP contribution in [0.1, 0.15) is 0 Å². The van der Waals surface area contributed by atoms with Gasteiger partial charge in [-0.15, -0.1) is 0 Å².